The second-order valence-corrected chi connectivity index (χ2v) is 9.55. The zero-order valence-electron chi connectivity index (χ0n) is 21.1. The van der Waals surface area contributed by atoms with E-state index < -0.39 is 18.1 Å². The molecule has 14 heteroatoms. The number of fused-ring (bicyclic) bond motifs is 1. The molecule has 11 nitrogen and oxygen atoms in total. The minimum atomic E-state index is -2.88. The molecule has 0 aliphatic carbocycles. The number of hydrogen-bond acceptors (Lipinski definition) is 7. The number of anilines is 1. The molecule has 208 valence electrons. The van der Waals surface area contributed by atoms with E-state index in [1.54, 1.807) is 44.8 Å². The fraction of sp³-hybridized carbons (Fsp3) is 0.346. The van der Waals surface area contributed by atoms with Gasteiger partial charge < -0.3 is 23.4 Å². The van der Waals surface area contributed by atoms with Crippen LogP contribution in [0, 0.1) is 11.7 Å². The Morgan fingerprint density at radius 2 is 1.82 bits per heavy atom. The van der Waals surface area contributed by atoms with Crippen molar-refractivity contribution in [2.75, 3.05) is 44.3 Å². The summed E-state index contributed by atoms with van der Waals surface area (Å²) in [5.74, 6) is -1.41. The van der Waals surface area contributed by atoms with Crippen LogP contribution >= 0.6 is 0 Å². The molecule has 0 radical (unpaired) electrons. The Morgan fingerprint density at radius 3 is 2.50 bits per heavy atom. The molecule has 0 spiro atoms. The van der Waals surface area contributed by atoms with Crippen LogP contribution in [0.15, 0.2) is 53.2 Å². The number of amides is 3. The third-order valence-electron chi connectivity index (χ3n) is 6.90. The van der Waals surface area contributed by atoms with Crippen molar-refractivity contribution in [1.29, 1.82) is 0 Å². The van der Waals surface area contributed by atoms with Gasteiger partial charge in [-0.25, -0.2) is 14.2 Å². The number of hydrogen-bond donors (Lipinski definition) is 0. The molecule has 0 N–H and O–H groups in total. The molecular weight excluding hydrogens is 531 g/mol. The quantitative estimate of drug-likeness (QED) is 0.359. The number of carbonyl (C=O) groups is 2. The van der Waals surface area contributed by atoms with E-state index in [1.807, 2.05) is 0 Å². The highest BCUT2D eigenvalue weighted by atomic mass is 19.3. The summed E-state index contributed by atoms with van der Waals surface area (Å²) in [5, 5.41) is 7.02. The predicted octanol–water partition coefficient (Wildman–Crippen LogP) is 3.38. The number of halogens is 3. The minimum Gasteiger partial charge on any atom is -0.415 e. The second-order valence-electron chi connectivity index (χ2n) is 9.55. The number of aromatic nitrogens is 4. The Bertz CT molecular complexity index is 1550. The standard InChI is InChI=1S/C26H24F3N7O4/c27-18-2-1-3-20(11-18)36(26(38)34-8-6-33(7-9-34)25(37)17-14-39-15-17)13-19-12-35-5-4-16(10-21(35)30-19)23-31-32-24(40-23)22(28)29/h1-5,10-12,17,22H,6-9,13-15H2. The molecule has 6 rings (SSSR count). The van der Waals surface area contributed by atoms with Gasteiger partial charge in [0.15, 0.2) is 0 Å². The molecule has 0 saturated carbocycles. The van der Waals surface area contributed by atoms with Crippen molar-refractivity contribution in [1.82, 2.24) is 29.4 Å². The summed E-state index contributed by atoms with van der Waals surface area (Å²) >= 11 is 0. The highest BCUT2D eigenvalue weighted by Gasteiger charge is 2.34. The molecule has 2 aliphatic heterocycles. The van der Waals surface area contributed by atoms with E-state index in [-0.39, 0.29) is 30.3 Å². The van der Waals surface area contributed by atoms with Crippen LogP contribution < -0.4 is 4.90 Å². The number of pyridine rings is 1. The molecular formula is C26H24F3N7O4. The van der Waals surface area contributed by atoms with Crippen LogP contribution in [-0.4, -0.2) is 80.7 Å². The Kier molecular flexibility index (Phi) is 6.84. The van der Waals surface area contributed by atoms with Crippen LogP contribution in [0.25, 0.3) is 17.1 Å². The average molecular weight is 556 g/mol. The molecule has 4 aromatic rings. The lowest BCUT2D eigenvalue weighted by Crippen LogP contribution is -2.56. The normalized spacial score (nSPS) is 16.0. The van der Waals surface area contributed by atoms with E-state index in [4.69, 9.17) is 9.15 Å². The number of carbonyl (C=O) groups excluding carboxylic acids is 2. The van der Waals surface area contributed by atoms with Crippen LogP contribution in [0.2, 0.25) is 0 Å². The molecule has 0 bridgehead atoms. The third-order valence-corrected chi connectivity index (χ3v) is 6.90. The molecule has 5 heterocycles. The van der Waals surface area contributed by atoms with Crippen LogP contribution in [-0.2, 0) is 16.1 Å². The first kappa shape index (κ1) is 25.8. The molecule has 1 aromatic carbocycles. The van der Waals surface area contributed by atoms with Gasteiger partial charge in [-0.05, 0) is 30.3 Å². The van der Waals surface area contributed by atoms with Gasteiger partial charge in [-0.3, -0.25) is 9.69 Å². The van der Waals surface area contributed by atoms with Gasteiger partial charge in [-0.1, -0.05) is 6.07 Å². The van der Waals surface area contributed by atoms with Gasteiger partial charge in [0.25, 0.3) is 5.89 Å². The Balaban J connectivity index is 1.22. The van der Waals surface area contributed by atoms with Gasteiger partial charge in [0.2, 0.25) is 11.8 Å². The summed E-state index contributed by atoms with van der Waals surface area (Å²) in [4.78, 5) is 35.6. The molecule has 0 atom stereocenters. The number of alkyl halides is 2. The van der Waals surface area contributed by atoms with Gasteiger partial charge in [-0.2, -0.15) is 8.78 Å². The predicted molar refractivity (Wildman–Crippen MR) is 134 cm³/mol. The molecule has 2 fully saturated rings. The SMILES string of the molecule is O=C(C1COC1)N1CCN(C(=O)N(Cc2cn3ccc(-c4nnc(C(F)F)o4)cc3n2)c2cccc(F)c2)CC1. The molecule has 2 saturated heterocycles. The van der Waals surface area contributed by atoms with Gasteiger partial charge in [0.05, 0.1) is 31.4 Å². The van der Waals surface area contributed by atoms with Crippen molar-refractivity contribution in [3.8, 4) is 11.5 Å². The smallest absolute Gasteiger partial charge is 0.324 e. The van der Waals surface area contributed by atoms with Crippen molar-refractivity contribution in [2.24, 2.45) is 5.92 Å². The van der Waals surface area contributed by atoms with Crippen molar-refractivity contribution >= 4 is 23.3 Å². The van der Waals surface area contributed by atoms with Gasteiger partial charge in [-0.15, -0.1) is 10.2 Å². The number of urea groups is 1. The van der Waals surface area contributed by atoms with E-state index in [9.17, 15) is 22.8 Å². The monoisotopic (exact) mass is 555 g/mol. The largest absolute Gasteiger partial charge is 0.415 e. The molecule has 3 amide bonds. The molecule has 40 heavy (non-hydrogen) atoms. The van der Waals surface area contributed by atoms with E-state index in [0.717, 1.165) is 0 Å². The van der Waals surface area contributed by atoms with Crippen molar-refractivity contribution in [3.05, 3.63) is 66.2 Å². The molecule has 0 unspecified atom stereocenters. The molecule has 3 aromatic heterocycles. The summed E-state index contributed by atoms with van der Waals surface area (Å²) in [6, 6.07) is 8.62. The van der Waals surface area contributed by atoms with Crippen LogP contribution in [0.3, 0.4) is 0 Å². The van der Waals surface area contributed by atoms with Crippen molar-refractivity contribution < 1.29 is 31.9 Å². The topological polar surface area (TPSA) is 109 Å². The number of benzene rings is 1. The van der Waals surface area contributed by atoms with E-state index in [0.29, 0.717) is 62.0 Å². The van der Waals surface area contributed by atoms with E-state index >= 15 is 0 Å². The zero-order chi connectivity index (χ0) is 27.8. The Morgan fingerprint density at radius 1 is 1.05 bits per heavy atom. The van der Waals surface area contributed by atoms with Crippen molar-refractivity contribution in [2.45, 2.75) is 13.0 Å². The fourth-order valence-corrected chi connectivity index (χ4v) is 4.68. The molecule has 2 aliphatic rings. The lowest BCUT2D eigenvalue weighted by atomic mass is 10.1. The highest BCUT2D eigenvalue weighted by molar-refractivity contribution is 5.92. The number of nitrogens with zero attached hydrogens (tertiary/aromatic N) is 7. The van der Waals surface area contributed by atoms with Gasteiger partial charge in [0, 0.05) is 49.8 Å². The third kappa shape index (κ3) is 5.09. The first-order valence-electron chi connectivity index (χ1n) is 12.6. The number of imidazole rings is 1. The fourth-order valence-electron chi connectivity index (χ4n) is 4.68. The maximum Gasteiger partial charge on any atom is 0.324 e. The van der Waals surface area contributed by atoms with Crippen LogP contribution in [0.4, 0.5) is 23.7 Å². The zero-order valence-corrected chi connectivity index (χ0v) is 21.1. The number of rotatable bonds is 6. The van der Waals surface area contributed by atoms with Crippen LogP contribution in [0.5, 0.6) is 0 Å². The number of ether oxygens (including phenoxy) is 1. The first-order chi connectivity index (χ1) is 19.4. The first-order valence-corrected chi connectivity index (χ1v) is 12.6. The van der Waals surface area contributed by atoms with Gasteiger partial charge >= 0.3 is 12.5 Å². The highest BCUT2D eigenvalue weighted by Crippen LogP contribution is 2.26. The Hall–Kier alpha value is -4.46. The lowest BCUT2D eigenvalue weighted by Gasteiger charge is -2.39. The van der Waals surface area contributed by atoms with Gasteiger partial charge in [0.1, 0.15) is 11.5 Å². The second kappa shape index (κ2) is 10.6. The minimum absolute atomic E-state index is 0.0357. The van der Waals surface area contributed by atoms with Crippen molar-refractivity contribution in [3.63, 3.8) is 0 Å². The summed E-state index contributed by atoms with van der Waals surface area (Å²) in [6.45, 7) is 2.37. The van der Waals surface area contributed by atoms with E-state index in [2.05, 4.69) is 15.2 Å². The van der Waals surface area contributed by atoms with Crippen LogP contribution in [0.1, 0.15) is 18.0 Å². The summed E-state index contributed by atoms with van der Waals surface area (Å²) in [6.07, 6.45) is 0.495. The summed E-state index contributed by atoms with van der Waals surface area (Å²) in [5.41, 5.74) is 1.73. The number of piperazine rings is 1. The maximum atomic E-state index is 14.2. The summed E-state index contributed by atoms with van der Waals surface area (Å²) < 4.78 is 51.7. The van der Waals surface area contributed by atoms with E-state index in [1.165, 1.54) is 23.1 Å². The summed E-state index contributed by atoms with van der Waals surface area (Å²) in [7, 11) is 0. The maximum absolute atomic E-state index is 14.2. The Labute approximate surface area is 225 Å². The average Bonchev–Trinajstić information content (AvgIpc) is 3.57. The lowest BCUT2D eigenvalue weighted by molar-refractivity contribution is -0.151.